The van der Waals surface area contributed by atoms with Gasteiger partial charge in [0.1, 0.15) is 0 Å². The lowest BCUT2D eigenvalue weighted by atomic mass is 10.2. The Balaban J connectivity index is 1.90. The van der Waals surface area contributed by atoms with Crippen molar-refractivity contribution in [2.75, 3.05) is 56.9 Å². The average molecular weight is 332 g/mol. The first-order valence-electron chi connectivity index (χ1n) is 7.66. The van der Waals surface area contributed by atoms with Crippen LogP contribution < -0.4 is 20.7 Å². The number of hydrogen-bond donors (Lipinski definition) is 2. The summed E-state index contributed by atoms with van der Waals surface area (Å²) in [4.78, 5) is 4.51. The van der Waals surface area contributed by atoms with Crippen molar-refractivity contribution >= 4 is 11.4 Å². The lowest BCUT2D eigenvalue weighted by Gasteiger charge is -2.36. The molecule has 0 atom stereocenters. The molecule has 0 bridgehead atoms. The van der Waals surface area contributed by atoms with Crippen LogP contribution in [0.1, 0.15) is 6.42 Å². The van der Waals surface area contributed by atoms with E-state index < -0.39 is 6.36 Å². The molecule has 1 aliphatic heterocycles. The van der Waals surface area contributed by atoms with E-state index in [1.807, 2.05) is 7.05 Å². The van der Waals surface area contributed by atoms with E-state index in [1.165, 1.54) is 12.1 Å². The molecule has 0 saturated carbocycles. The molecule has 1 aliphatic rings. The molecular weight excluding hydrogens is 309 g/mol. The topological polar surface area (TPSA) is 53.8 Å². The van der Waals surface area contributed by atoms with Crippen molar-refractivity contribution in [1.82, 2.24) is 10.2 Å². The molecule has 0 radical (unpaired) electrons. The summed E-state index contributed by atoms with van der Waals surface area (Å²) in [6.45, 7) is 5.58. The van der Waals surface area contributed by atoms with Crippen LogP contribution in [-0.2, 0) is 0 Å². The van der Waals surface area contributed by atoms with Crippen molar-refractivity contribution in [1.29, 1.82) is 0 Å². The number of ether oxygens (including phenoxy) is 1. The van der Waals surface area contributed by atoms with Crippen LogP contribution in [0.4, 0.5) is 24.5 Å². The van der Waals surface area contributed by atoms with Gasteiger partial charge in [0.2, 0.25) is 0 Å². The third-order valence-corrected chi connectivity index (χ3v) is 3.86. The van der Waals surface area contributed by atoms with Crippen molar-refractivity contribution in [3.8, 4) is 5.75 Å². The van der Waals surface area contributed by atoms with Crippen LogP contribution in [0.3, 0.4) is 0 Å². The van der Waals surface area contributed by atoms with E-state index in [2.05, 4.69) is 19.9 Å². The molecule has 1 heterocycles. The SMILES string of the molecule is CNCCCN1CCN(c2ccc(OC(F)(F)F)c(N)c2)CC1. The van der Waals surface area contributed by atoms with Crippen molar-refractivity contribution in [2.24, 2.45) is 0 Å². The molecule has 130 valence electrons. The maximum Gasteiger partial charge on any atom is 0.573 e. The number of anilines is 2. The Morgan fingerprint density at radius 1 is 1.22 bits per heavy atom. The molecule has 0 aliphatic carbocycles. The lowest BCUT2D eigenvalue weighted by Crippen LogP contribution is -2.46. The molecule has 3 N–H and O–H groups in total. The first kappa shape index (κ1) is 17.7. The fourth-order valence-electron chi connectivity index (χ4n) is 2.66. The van der Waals surface area contributed by atoms with E-state index in [-0.39, 0.29) is 11.4 Å². The highest BCUT2D eigenvalue weighted by atomic mass is 19.4. The molecule has 0 spiro atoms. The van der Waals surface area contributed by atoms with Crippen LogP contribution in [0.2, 0.25) is 0 Å². The zero-order chi connectivity index (χ0) is 16.9. The van der Waals surface area contributed by atoms with Crippen molar-refractivity contribution in [3.05, 3.63) is 18.2 Å². The number of nitrogens with zero attached hydrogens (tertiary/aromatic N) is 2. The Kier molecular flexibility index (Phi) is 5.95. The van der Waals surface area contributed by atoms with Gasteiger partial charge >= 0.3 is 6.36 Å². The van der Waals surface area contributed by atoms with E-state index in [0.717, 1.165) is 51.4 Å². The van der Waals surface area contributed by atoms with E-state index in [9.17, 15) is 13.2 Å². The monoisotopic (exact) mass is 332 g/mol. The van der Waals surface area contributed by atoms with Gasteiger partial charge in [0.05, 0.1) is 5.69 Å². The highest BCUT2D eigenvalue weighted by Crippen LogP contribution is 2.31. The zero-order valence-corrected chi connectivity index (χ0v) is 13.2. The Labute approximate surface area is 134 Å². The molecule has 23 heavy (non-hydrogen) atoms. The molecule has 2 rings (SSSR count). The van der Waals surface area contributed by atoms with Crippen LogP contribution >= 0.6 is 0 Å². The molecule has 1 saturated heterocycles. The maximum absolute atomic E-state index is 12.2. The minimum Gasteiger partial charge on any atom is -0.404 e. The molecule has 1 aromatic carbocycles. The molecule has 0 aromatic heterocycles. The molecular formula is C15H23F3N4O. The second-order valence-corrected chi connectivity index (χ2v) is 5.56. The van der Waals surface area contributed by atoms with E-state index in [4.69, 9.17) is 5.73 Å². The Morgan fingerprint density at radius 3 is 2.48 bits per heavy atom. The Bertz CT molecular complexity index is 502. The van der Waals surface area contributed by atoms with Gasteiger partial charge in [0, 0.05) is 31.9 Å². The number of nitrogens with one attached hydrogen (secondary N) is 1. The number of piperazine rings is 1. The summed E-state index contributed by atoms with van der Waals surface area (Å²) in [5.41, 5.74) is 6.50. The molecule has 0 unspecified atom stereocenters. The standard InChI is InChI=1S/C15H23F3N4O/c1-20-5-2-6-21-7-9-22(10-8-21)12-3-4-14(13(19)11-12)23-15(16,17)18/h3-4,11,20H,2,5-10,19H2,1H3. The van der Waals surface area contributed by atoms with Crippen molar-refractivity contribution in [2.45, 2.75) is 12.8 Å². The third-order valence-electron chi connectivity index (χ3n) is 3.86. The summed E-state index contributed by atoms with van der Waals surface area (Å²) in [6.07, 6.45) is -3.62. The van der Waals surface area contributed by atoms with Gasteiger partial charge in [-0.1, -0.05) is 0 Å². The van der Waals surface area contributed by atoms with Gasteiger partial charge in [0.15, 0.2) is 5.75 Å². The second kappa shape index (κ2) is 7.74. The number of benzene rings is 1. The molecule has 1 fully saturated rings. The van der Waals surface area contributed by atoms with Crippen molar-refractivity contribution < 1.29 is 17.9 Å². The van der Waals surface area contributed by atoms with Gasteiger partial charge in [-0.15, -0.1) is 13.2 Å². The number of nitrogen functional groups attached to an aromatic ring is 1. The molecule has 1 aromatic rings. The number of rotatable bonds is 6. The van der Waals surface area contributed by atoms with E-state index in [0.29, 0.717) is 0 Å². The summed E-state index contributed by atoms with van der Waals surface area (Å²) in [5, 5.41) is 3.13. The first-order valence-corrected chi connectivity index (χ1v) is 7.66. The maximum atomic E-state index is 12.2. The minimum atomic E-state index is -4.73. The van der Waals surface area contributed by atoms with Gasteiger partial charge in [-0.25, -0.2) is 0 Å². The van der Waals surface area contributed by atoms with Crippen LogP contribution in [0.15, 0.2) is 18.2 Å². The van der Waals surface area contributed by atoms with Crippen LogP contribution in [0.5, 0.6) is 5.75 Å². The third kappa shape index (κ3) is 5.47. The highest BCUT2D eigenvalue weighted by Gasteiger charge is 2.32. The number of halogens is 3. The van der Waals surface area contributed by atoms with Crippen LogP contribution in [0, 0.1) is 0 Å². The largest absolute Gasteiger partial charge is 0.573 e. The zero-order valence-electron chi connectivity index (χ0n) is 13.2. The van der Waals surface area contributed by atoms with Gasteiger partial charge in [-0.3, -0.25) is 4.90 Å². The minimum absolute atomic E-state index is 0.00345. The fourth-order valence-corrected chi connectivity index (χ4v) is 2.66. The summed E-state index contributed by atoms with van der Waals surface area (Å²) in [7, 11) is 1.94. The number of nitrogens with two attached hydrogens (primary N) is 1. The van der Waals surface area contributed by atoms with Crippen molar-refractivity contribution in [3.63, 3.8) is 0 Å². The van der Waals surface area contributed by atoms with Gasteiger partial charge in [-0.05, 0) is 44.8 Å². The highest BCUT2D eigenvalue weighted by molar-refractivity contribution is 5.63. The van der Waals surface area contributed by atoms with Crippen LogP contribution in [0.25, 0.3) is 0 Å². The van der Waals surface area contributed by atoms with E-state index in [1.54, 1.807) is 6.07 Å². The Hall–Kier alpha value is -1.67. The Morgan fingerprint density at radius 2 is 1.91 bits per heavy atom. The first-order chi connectivity index (χ1) is 10.9. The summed E-state index contributed by atoms with van der Waals surface area (Å²) >= 11 is 0. The lowest BCUT2D eigenvalue weighted by molar-refractivity contribution is -0.274. The second-order valence-electron chi connectivity index (χ2n) is 5.56. The summed E-state index contributed by atoms with van der Waals surface area (Å²) in [6, 6.07) is 4.43. The predicted molar refractivity (Wildman–Crippen MR) is 84.7 cm³/mol. The summed E-state index contributed by atoms with van der Waals surface area (Å²) in [5.74, 6) is -0.355. The average Bonchev–Trinajstić information content (AvgIpc) is 2.49. The summed E-state index contributed by atoms with van der Waals surface area (Å²) < 4.78 is 40.6. The van der Waals surface area contributed by atoms with Gasteiger partial charge < -0.3 is 20.7 Å². The fraction of sp³-hybridized carbons (Fsp3) is 0.600. The quantitative estimate of drug-likeness (QED) is 0.616. The predicted octanol–water partition coefficient (Wildman–Crippen LogP) is 1.90. The smallest absolute Gasteiger partial charge is 0.404 e. The number of hydrogen-bond acceptors (Lipinski definition) is 5. The molecule has 5 nitrogen and oxygen atoms in total. The normalized spacial score (nSPS) is 16.6. The number of alkyl halides is 3. The van der Waals surface area contributed by atoms with E-state index >= 15 is 0 Å². The van der Waals surface area contributed by atoms with Gasteiger partial charge in [0.25, 0.3) is 0 Å². The van der Waals surface area contributed by atoms with Crippen LogP contribution in [-0.4, -0.2) is 57.6 Å². The molecule has 0 amide bonds. The van der Waals surface area contributed by atoms with Gasteiger partial charge in [-0.2, -0.15) is 0 Å². The molecule has 8 heteroatoms.